The Morgan fingerprint density at radius 2 is 2.07 bits per heavy atom. The van der Waals surface area contributed by atoms with Gasteiger partial charge in [0.15, 0.2) is 0 Å². The molecule has 0 aromatic carbocycles. The minimum absolute atomic E-state index is 0.361. The van der Waals surface area contributed by atoms with Crippen LogP contribution < -0.4 is 11.1 Å². The molecule has 0 heterocycles. The van der Waals surface area contributed by atoms with Gasteiger partial charge in [-0.15, -0.1) is 0 Å². The molecule has 0 aliphatic heterocycles. The van der Waals surface area contributed by atoms with Crippen molar-refractivity contribution in [2.24, 2.45) is 17.1 Å². The van der Waals surface area contributed by atoms with Gasteiger partial charge >= 0.3 is 0 Å². The maximum atomic E-state index is 5.93. The molecule has 0 saturated heterocycles. The first kappa shape index (κ1) is 12.9. The van der Waals surface area contributed by atoms with E-state index in [-0.39, 0.29) is 0 Å². The van der Waals surface area contributed by atoms with Crippen molar-refractivity contribution in [3.63, 3.8) is 0 Å². The molecule has 0 spiro atoms. The van der Waals surface area contributed by atoms with Crippen LogP contribution in [0.4, 0.5) is 0 Å². The molecule has 0 amide bonds. The van der Waals surface area contributed by atoms with Crippen LogP contribution in [-0.4, -0.2) is 33.4 Å². The zero-order chi connectivity index (χ0) is 11.1. The highest BCUT2D eigenvalue weighted by atomic mass is 16.5. The summed E-state index contributed by atoms with van der Waals surface area (Å²) in [4.78, 5) is 0. The Labute approximate surface area is 93.8 Å². The Morgan fingerprint density at radius 3 is 2.60 bits per heavy atom. The first-order valence-corrected chi connectivity index (χ1v) is 6.12. The number of hydrogen-bond donors (Lipinski definition) is 2. The summed E-state index contributed by atoms with van der Waals surface area (Å²) in [6, 6.07) is 0. The van der Waals surface area contributed by atoms with E-state index in [1.807, 2.05) is 0 Å². The lowest BCUT2D eigenvalue weighted by Gasteiger charge is -2.38. The van der Waals surface area contributed by atoms with Crippen molar-refractivity contribution >= 4 is 0 Å². The fourth-order valence-corrected chi connectivity index (χ4v) is 2.36. The molecular weight excluding hydrogens is 188 g/mol. The number of hydrogen-bond acceptors (Lipinski definition) is 3. The summed E-state index contributed by atoms with van der Waals surface area (Å²) in [5.74, 6) is 0.892. The minimum atomic E-state index is 0.361. The molecule has 1 aliphatic carbocycles. The number of rotatable bonds is 6. The predicted molar refractivity (Wildman–Crippen MR) is 63.9 cm³/mol. The Morgan fingerprint density at radius 1 is 1.40 bits per heavy atom. The molecular formula is C12H26N2O. The summed E-state index contributed by atoms with van der Waals surface area (Å²) in [6.07, 6.45) is 5.24. The summed E-state index contributed by atoms with van der Waals surface area (Å²) in [6.45, 7) is 5.95. The van der Waals surface area contributed by atoms with Gasteiger partial charge in [-0.05, 0) is 30.7 Å². The van der Waals surface area contributed by atoms with Crippen LogP contribution in [0.2, 0.25) is 0 Å². The zero-order valence-electron chi connectivity index (χ0n) is 10.2. The predicted octanol–water partition coefficient (Wildman–Crippen LogP) is 1.38. The van der Waals surface area contributed by atoms with Gasteiger partial charge in [-0.3, -0.25) is 0 Å². The van der Waals surface area contributed by atoms with Crippen molar-refractivity contribution in [1.82, 2.24) is 5.32 Å². The molecule has 3 heteroatoms. The van der Waals surface area contributed by atoms with E-state index in [1.54, 1.807) is 7.11 Å². The molecule has 0 radical (unpaired) electrons. The van der Waals surface area contributed by atoms with Crippen LogP contribution in [0.15, 0.2) is 0 Å². The van der Waals surface area contributed by atoms with E-state index < -0.39 is 0 Å². The third-order valence-corrected chi connectivity index (χ3v) is 3.75. The molecule has 90 valence electrons. The summed E-state index contributed by atoms with van der Waals surface area (Å²) in [5, 5.41) is 3.46. The van der Waals surface area contributed by atoms with Gasteiger partial charge in [-0.1, -0.05) is 19.8 Å². The van der Waals surface area contributed by atoms with E-state index in [0.717, 1.165) is 32.2 Å². The molecule has 0 aromatic heterocycles. The van der Waals surface area contributed by atoms with Crippen molar-refractivity contribution in [1.29, 1.82) is 0 Å². The second-order valence-electron chi connectivity index (χ2n) is 5.06. The maximum Gasteiger partial charge on any atom is 0.0587 e. The van der Waals surface area contributed by atoms with Gasteiger partial charge in [0.1, 0.15) is 0 Å². The van der Waals surface area contributed by atoms with Gasteiger partial charge in [-0.25, -0.2) is 0 Å². The molecule has 1 aliphatic rings. The first-order chi connectivity index (χ1) is 7.22. The normalized spacial score (nSPS) is 31.8. The van der Waals surface area contributed by atoms with Crippen LogP contribution in [0, 0.1) is 11.3 Å². The van der Waals surface area contributed by atoms with Crippen LogP contribution in [-0.2, 0) is 4.74 Å². The Hall–Kier alpha value is -0.120. The van der Waals surface area contributed by atoms with E-state index in [4.69, 9.17) is 10.5 Å². The molecule has 0 aromatic rings. The van der Waals surface area contributed by atoms with Gasteiger partial charge < -0.3 is 15.8 Å². The monoisotopic (exact) mass is 214 g/mol. The number of nitrogens with two attached hydrogens (primary N) is 1. The molecule has 1 rings (SSSR count). The van der Waals surface area contributed by atoms with Crippen LogP contribution >= 0.6 is 0 Å². The average Bonchev–Trinajstić information content (AvgIpc) is 2.28. The SMILES string of the molecule is COCCNCC1(CN)CCC(C)CC1. The Bertz CT molecular complexity index is 165. The molecule has 0 bridgehead atoms. The smallest absolute Gasteiger partial charge is 0.0587 e. The molecule has 1 fully saturated rings. The third-order valence-electron chi connectivity index (χ3n) is 3.75. The lowest BCUT2D eigenvalue weighted by molar-refractivity contribution is 0.149. The highest BCUT2D eigenvalue weighted by Crippen LogP contribution is 2.37. The van der Waals surface area contributed by atoms with Gasteiger partial charge in [0.25, 0.3) is 0 Å². The van der Waals surface area contributed by atoms with Gasteiger partial charge in [0, 0.05) is 20.2 Å². The van der Waals surface area contributed by atoms with Crippen molar-refractivity contribution in [2.45, 2.75) is 32.6 Å². The fraction of sp³-hybridized carbons (Fsp3) is 1.00. The van der Waals surface area contributed by atoms with Crippen LogP contribution in [0.25, 0.3) is 0 Å². The number of methoxy groups -OCH3 is 1. The molecule has 3 nitrogen and oxygen atoms in total. The largest absolute Gasteiger partial charge is 0.383 e. The minimum Gasteiger partial charge on any atom is -0.383 e. The van der Waals surface area contributed by atoms with E-state index in [2.05, 4.69) is 12.2 Å². The van der Waals surface area contributed by atoms with Crippen LogP contribution in [0.3, 0.4) is 0 Å². The van der Waals surface area contributed by atoms with Crippen molar-refractivity contribution in [3.05, 3.63) is 0 Å². The third kappa shape index (κ3) is 4.09. The summed E-state index contributed by atoms with van der Waals surface area (Å²) in [5.41, 5.74) is 6.29. The zero-order valence-corrected chi connectivity index (χ0v) is 10.2. The van der Waals surface area contributed by atoms with E-state index in [9.17, 15) is 0 Å². The van der Waals surface area contributed by atoms with Crippen molar-refractivity contribution in [2.75, 3.05) is 33.4 Å². The number of ether oxygens (including phenoxy) is 1. The van der Waals surface area contributed by atoms with Crippen molar-refractivity contribution < 1.29 is 4.74 Å². The highest BCUT2D eigenvalue weighted by molar-refractivity contribution is 4.87. The summed E-state index contributed by atoms with van der Waals surface area (Å²) < 4.78 is 5.02. The van der Waals surface area contributed by atoms with Gasteiger partial charge in [-0.2, -0.15) is 0 Å². The first-order valence-electron chi connectivity index (χ1n) is 6.12. The Kier molecular flexibility index (Phi) is 5.58. The van der Waals surface area contributed by atoms with Gasteiger partial charge in [0.2, 0.25) is 0 Å². The van der Waals surface area contributed by atoms with Crippen LogP contribution in [0.1, 0.15) is 32.6 Å². The lowest BCUT2D eigenvalue weighted by atomic mass is 9.71. The number of nitrogens with one attached hydrogen (secondary N) is 1. The molecule has 0 atom stereocenters. The second-order valence-corrected chi connectivity index (χ2v) is 5.06. The van der Waals surface area contributed by atoms with E-state index in [1.165, 1.54) is 25.7 Å². The van der Waals surface area contributed by atoms with E-state index >= 15 is 0 Å². The summed E-state index contributed by atoms with van der Waals surface area (Å²) in [7, 11) is 1.74. The average molecular weight is 214 g/mol. The summed E-state index contributed by atoms with van der Waals surface area (Å²) >= 11 is 0. The second kappa shape index (κ2) is 6.46. The van der Waals surface area contributed by atoms with Gasteiger partial charge in [0.05, 0.1) is 6.61 Å². The van der Waals surface area contributed by atoms with E-state index in [0.29, 0.717) is 5.41 Å². The maximum absolute atomic E-state index is 5.93. The molecule has 0 unspecified atom stereocenters. The quantitative estimate of drug-likeness (QED) is 0.657. The fourth-order valence-electron chi connectivity index (χ4n) is 2.36. The van der Waals surface area contributed by atoms with Crippen LogP contribution in [0.5, 0.6) is 0 Å². The van der Waals surface area contributed by atoms with Crippen molar-refractivity contribution in [3.8, 4) is 0 Å². The lowest BCUT2D eigenvalue weighted by Crippen LogP contribution is -2.43. The molecule has 15 heavy (non-hydrogen) atoms. The standard InChI is InChI=1S/C12H26N2O/c1-11-3-5-12(9-13,6-4-11)10-14-7-8-15-2/h11,14H,3-10,13H2,1-2H3. The highest BCUT2D eigenvalue weighted by Gasteiger charge is 2.32. The molecule has 1 saturated carbocycles. The topological polar surface area (TPSA) is 47.3 Å². The molecule has 3 N–H and O–H groups in total. The Balaban J connectivity index is 2.27.